The largest absolute Gasteiger partial charge is 0.212 e. The Hall–Kier alpha value is 0.200. The smallest absolute Gasteiger partial charge is 0.211 e. The molecule has 0 saturated heterocycles. The summed E-state index contributed by atoms with van der Waals surface area (Å²) in [5, 5.41) is 0. The van der Waals surface area contributed by atoms with Gasteiger partial charge in [-0.1, -0.05) is 20.8 Å². The first-order valence-electron chi connectivity index (χ1n) is 7.27. The molecule has 0 aromatic carbocycles. The molecular formula is C14H26ClNO2S. The molecule has 5 heteroatoms. The summed E-state index contributed by atoms with van der Waals surface area (Å²) < 4.78 is 27.4. The van der Waals surface area contributed by atoms with Gasteiger partial charge in [0.15, 0.2) is 0 Å². The molecular weight excluding hydrogens is 282 g/mol. The Labute approximate surface area is 122 Å². The van der Waals surface area contributed by atoms with E-state index in [9.17, 15) is 8.42 Å². The van der Waals surface area contributed by atoms with Crippen LogP contribution in [0.2, 0.25) is 0 Å². The van der Waals surface area contributed by atoms with Gasteiger partial charge in [0.25, 0.3) is 0 Å². The normalized spacial score (nSPS) is 36.8. The van der Waals surface area contributed by atoms with Gasteiger partial charge in [-0.15, -0.1) is 11.6 Å². The Balaban J connectivity index is 2.06. The lowest BCUT2D eigenvalue weighted by molar-refractivity contribution is 0.127. The summed E-state index contributed by atoms with van der Waals surface area (Å²) in [5.41, 5.74) is 0.222. The number of hydrogen-bond acceptors (Lipinski definition) is 2. The van der Waals surface area contributed by atoms with Crippen LogP contribution >= 0.6 is 11.6 Å². The molecule has 3 atom stereocenters. The fourth-order valence-electron chi connectivity index (χ4n) is 4.22. The van der Waals surface area contributed by atoms with Crippen LogP contribution in [0.25, 0.3) is 0 Å². The van der Waals surface area contributed by atoms with E-state index in [1.165, 1.54) is 6.42 Å². The zero-order valence-corrected chi connectivity index (χ0v) is 13.8. The third kappa shape index (κ3) is 2.96. The third-order valence-corrected chi connectivity index (χ3v) is 7.05. The summed E-state index contributed by atoms with van der Waals surface area (Å²) in [6, 6.07) is 0.0831. The molecule has 2 aliphatic carbocycles. The van der Waals surface area contributed by atoms with E-state index in [4.69, 9.17) is 11.6 Å². The van der Waals surface area contributed by atoms with Crippen LogP contribution in [-0.4, -0.2) is 26.1 Å². The fourth-order valence-corrected chi connectivity index (χ4v) is 6.06. The zero-order valence-electron chi connectivity index (χ0n) is 12.2. The monoisotopic (exact) mass is 307 g/mol. The van der Waals surface area contributed by atoms with Crippen molar-refractivity contribution in [1.82, 2.24) is 4.72 Å². The van der Waals surface area contributed by atoms with Gasteiger partial charge in [-0.2, -0.15) is 0 Å². The molecule has 2 rings (SSSR count). The average molecular weight is 308 g/mol. The lowest BCUT2D eigenvalue weighted by atomic mass is 9.69. The van der Waals surface area contributed by atoms with Crippen LogP contribution in [0.5, 0.6) is 0 Å². The van der Waals surface area contributed by atoms with E-state index in [-0.39, 0.29) is 22.6 Å². The Bertz CT molecular complexity index is 430. The lowest BCUT2D eigenvalue weighted by Crippen LogP contribution is -2.52. The van der Waals surface area contributed by atoms with E-state index < -0.39 is 10.0 Å². The highest BCUT2D eigenvalue weighted by molar-refractivity contribution is 7.89. The quantitative estimate of drug-likeness (QED) is 0.605. The zero-order chi connectivity index (χ0) is 14.3. The minimum Gasteiger partial charge on any atom is -0.212 e. The number of halogens is 1. The summed E-state index contributed by atoms with van der Waals surface area (Å²) in [5.74, 6) is 1.39. The maximum atomic E-state index is 12.2. The highest BCUT2D eigenvalue weighted by Gasteiger charge is 2.60. The van der Waals surface area contributed by atoms with Gasteiger partial charge in [0.05, 0.1) is 5.75 Å². The molecule has 2 bridgehead atoms. The molecule has 0 radical (unpaired) electrons. The molecule has 0 aliphatic heterocycles. The van der Waals surface area contributed by atoms with Crippen molar-refractivity contribution < 1.29 is 8.42 Å². The third-order valence-electron chi connectivity index (χ3n) is 5.36. The van der Waals surface area contributed by atoms with Crippen LogP contribution in [-0.2, 0) is 10.0 Å². The standard InChI is InChI=1S/C14H26ClNO2S/c1-13(2)11-6-7-14(3,10-11)12(13)16-19(17,18)9-5-4-8-15/h11-12,16H,4-10H2,1-3H3. The molecule has 0 amide bonds. The molecule has 2 saturated carbocycles. The number of unbranched alkanes of at least 4 members (excludes halogenated alkanes) is 1. The predicted molar refractivity (Wildman–Crippen MR) is 79.9 cm³/mol. The Morgan fingerprint density at radius 1 is 1.26 bits per heavy atom. The fraction of sp³-hybridized carbons (Fsp3) is 1.00. The first-order chi connectivity index (χ1) is 8.71. The van der Waals surface area contributed by atoms with Crippen LogP contribution in [0.4, 0.5) is 0 Å². The van der Waals surface area contributed by atoms with Crippen LogP contribution < -0.4 is 4.72 Å². The molecule has 0 aromatic rings. The molecule has 2 aliphatic rings. The van der Waals surface area contributed by atoms with Gasteiger partial charge in [0.2, 0.25) is 10.0 Å². The average Bonchev–Trinajstić information content (AvgIpc) is 2.76. The molecule has 3 unspecified atom stereocenters. The Morgan fingerprint density at radius 2 is 1.95 bits per heavy atom. The van der Waals surface area contributed by atoms with Crippen molar-refractivity contribution in [2.45, 2.75) is 58.9 Å². The van der Waals surface area contributed by atoms with Crippen LogP contribution in [0, 0.1) is 16.7 Å². The molecule has 19 heavy (non-hydrogen) atoms. The van der Waals surface area contributed by atoms with Gasteiger partial charge < -0.3 is 0 Å². The van der Waals surface area contributed by atoms with Gasteiger partial charge in [-0.3, -0.25) is 0 Å². The summed E-state index contributed by atoms with van der Waals surface area (Å²) in [7, 11) is -3.18. The van der Waals surface area contributed by atoms with Crippen molar-refractivity contribution in [1.29, 1.82) is 0 Å². The minimum atomic E-state index is -3.18. The van der Waals surface area contributed by atoms with Crippen molar-refractivity contribution in [2.24, 2.45) is 16.7 Å². The highest BCUT2D eigenvalue weighted by Crippen LogP contribution is 2.62. The maximum absolute atomic E-state index is 12.2. The minimum absolute atomic E-state index is 0.0759. The van der Waals surface area contributed by atoms with E-state index in [0.29, 0.717) is 18.2 Å². The van der Waals surface area contributed by atoms with E-state index in [2.05, 4.69) is 25.5 Å². The van der Waals surface area contributed by atoms with E-state index in [0.717, 1.165) is 19.3 Å². The van der Waals surface area contributed by atoms with Crippen molar-refractivity contribution in [3.05, 3.63) is 0 Å². The number of nitrogens with one attached hydrogen (secondary N) is 1. The first kappa shape index (κ1) is 15.6. The Kier molecular flexibility index (Phi) is 4.26. The summed E-state index contributed by atoms with van der Waals surface area (Å²) >= 11 is 5.60. The molecule has 112 valence electrons. The van der Waals surface area contributed by atoms with Crippen LogP contribution in [0.1, 0.15) is 52.9 Å². The highest BCUT2D eigenvalue weighted by atomic mass is 35.5. The van der Waals surface area contributed by atoms with Crippen LogP contribution in [0.15, 0.2) is 0 Å². The molecule has 2 fully saturated rings. The summed E-state index contributed by atoms with van der Waals surface area (Å²) in [4.78, 5) is 0. The molecule has 0 aromatic heterocycles. The second kappa shape index (κ2) is 5.19. The maximum Gasteiger partial charge on any atom is 0.211 e. The van der Waals surface area contributed by atoms with Gasteiger partial charge >= 0.3 is 0 Å². The first-order valence-corrected chi connectivity index (χ1v) is 9.46. The number of rotatable bonds is 6. The number of sulfonamides is 1. The van der Waals surface area contributed by atoms with E-state index in [1.807, 2.05) is 0 Å². The van der Waals surface area contributed by atoms with Gasteiger partial charge in [-0.25, -0.2) is 13.1 Å². The Morgan fingerprint density at radius 3 is 2.47 bits per heavy atom. The summed E-state index contributed by atoms with van der Waals surface area (Å²) in [6.45, 7) is 6.68. The van der Waals surface area contributed by atoms with Crippen molar-refractivity contribution in [2.75, 3.05) is 11.6 Å². The second-order valence-corrected chi connectivity index (χ2v) is 9.43. The molecule has 1 N–H and O–H groups in total. The van der Waals surface area contributed by atoms with Gasteiger partial charge in [0, 0.05) is 11.9 Å². The van der Waals surface area contributed by atoms with E-state index >= 15 is 0 Å². The molecule has 0 spiro atoms. The van der Waals surface area contributed by atoms with Gasteiger partial charge in [-0.05, 0) is 48.9 Å². The van der Waals surface area contributed by atoms with Crippen LogP contribution in [0.3, 0.4) is 0 Å². The summed E-state index contributed by atoms with van der Waals surface area (Å²) in [6.07, 6.45) is 4.96. The lowest BCUT2D eigenvalue weighted by Gasteiger charge is -2.42. The molecule has 0 heterocycles. The topological polar surface area (TPSA) is 46.2 Å². The second-order valence-electron chi connectivity index (χ2n) is 7.18. The van der Waals surface area contributed by atoms with Crippen molar-refractivity contribution >= 4 is 21.6 Å². The van der Waals surface area contributed by atoms with Crippen molar-refractivity contribution in [3.63, 3.8) is 0 Å². The SMILES string of the molecule is CC12CCC(C1)C(C)(C)C2NS(=O)(=O)CCCCCl. The predicted octanol–water partition coefficient (Wildman–Crippen LogP) is 3.14. The van der Waals surface area contributed by atoms with Gasteiger partial charge in [0.1, 0.15) is 0 Å². The number of alkyl halides is 1. The van der Waals surface area contributed by atoms with Crippen molar-refractivity contribution in [3.8, 4) is 0 Å². The molecule has 3 nitrogen and oxygen atoms in total. The number of hydrogen-bond donors (Lipinski definition) is 1. The van der Waals surface area contributed by atoms with E-state index in [1.54, 1.807) is 0 Å². The number of fused-ring (bicyclic) bond motifs is 2.